The number of anilines is 1. The summed E-state index contributed by atoms with van der Waals surface area (Å²) in [5, 5.41) is 0. The average Bonchev–Trinajstić information content (AvgIpc) is 2.23. The van der Waals surface area contributed by atoms with Gasteiger partial charge in [0, 0.05) is 5.69 Å². The van der Waals surface area contributed by atoms with E-state index in [4.69, 9.17) is 10.5 Å². The van der Waals surface area contributed by atoms with E-state index in [0.29, 0.717) is 15.9 Å². The zero-order valence-corrected chi connectivity index (χ0v) is 10.1. The second-order valence-electron chi connectivity index (χ2n) is 2.94. The van der Waals surface area contributed by atoms with Gasteiger partial charge in [0.05, 0.1) is 11.6 Å². The zero-order valence-electron chi connectivity index (χ0n) is 8.49. The van der Waals surface area contributed by atoms with Gasteiger partial charge >= 0.3 is 5.97 Å². The number of nitrogens with two attached hydrogens (primary N) is 1. The fraction of sp³-hybridized carbons (Fsp3) is 0.300. The molecule has 5 heteroatoms. The van der Waals surface area contributed by atoms with Gasteiger partial charge in [-0.1, -0.05) is 6.07 Å². The molecule has 0 aliphatic rings. The van der Waals surface area contributed by atoms with Crippen molar-refractivity contribution in [1.82, 2.24) is 0 Å². The van der Waals surface area contributed by atoms with Crippen molar-refractivity contribution < 1.29 is 14.3 Å². The van der Waals surface area contributed by atoms with E-state index in [0.717, 1.165) is 0 Å². The molecule has 0 saturated carbocycles. The first-order valence-electron chi connectivity index (χ1n) is 4.34. The molecule has 0 fully saturated rings. The van der Waals surface area contributed by atoms with Gasteiger partial charge in [0.1, 0.15) is 5.75 Å². The minimum absolute atomic E-state index is 0.427. The van der Waals surface area contributed by atoms with Crippen molar-refractivity contribution in [3.63, 3.8) is 0 Å². The molecule has 1 unspecified atom stereocenters. The van der Waals surface area contributed by atoms with E-state index < -0.39 is 12.1 Å². The van der Waals surface area contributed by atoms with Crippen LogP contribution in [0.1, 0.15) is 6.92 Å². The quantitative estimate of drug-likeness (QED) is 0.676. The number of rotatable bonds is 3. The number of nitrogen functional groups attached to an aromatic ring is 1. The Morgan fingerprint density at radius 3 is 2.80 bits per heavy atom. The van der Waals surface area contributed by atoms with Crippen LogP contribution in [0.25, 0.3) is 0 Å². The molecule has 0 amide bonds. The molecule has 0 aliphatic carbocycles. The summed E-state index contributed by atoms with van der Waals surface area (Å²) in [7, 11) is 1.32. The van der Waals surface area contributed by atoms with Crippen LogP contribution in [0, 0.1) is 0 Å². The Hall–Kier alpha value is -1.23. The molecule has 1 aromatic carbocycles. The van der Waals surface area contributed by atoms with Crippen molar-refractivity contribution in [3.8, 4) is 5.75 Å². The predicted octanol–water partition coefficient (Wildman–Crippen LogP) is 1.97. The normalized spacial score (nSPS) is 11.9. The highest BCUT2D eigenvalue weighted by molar-refractivity contribution is 9.10. The largest absolute Gasteiger partial charge is 0.478 e. The summed E-state index contributed by atoms with van der Waals surface area (Å²) >= 11 is 3.28. The molecule has 1 rings (SSSR count). The van der Waals surface area contributed by atoms with Crippen LogP contribution in [-0.4, -0.2) is 19.2 Å². The predicted molar refractivity (Wildman–Crippen MR) is 60.7 cm³/mol. The molecule has 0 bridgehead atoms. The summed E-state index contributed by atoms with van der Waals surface area (Å²) in [6.07, 6.45) is -0.659. The van der Waals surface area contributed by atoms with Gasteiger partial charge in [-0.25, -0.2) is 4.79 Å². The molecule has 1 aromatic rings. The highest BCUT2D eigenvalue weighted by atomic mass is 79.9. The number of hydrogen-bond donors (Lipinski definition) is 1. The Kier molecular flexibility index (Phi) is 3.96. The third-order valence-electron chi connectivity index (χ3n) is 1.83. The lowest BCUT2D eigenvalue weighted by Crippen LogP contribution is -2.25. The molecule has 0 aromatic heterocycles. The van der Waals surface area contributed by atoms with Crippen LogP contribution in [0.2, 0.25) is 0 Å². The summed E-state index contributed by atoms with van der Waals surface area (Å²) in [4.78, 5) is 11.1. The number of hydrogen-bond acceptors (Lipinski definition) is 4. The molecule has 15 heavy (non-hydrogen) atoms. The summed E-state index contributed by atoms with van der Waals surface area (Å²) in [6, 6.07) is 5.21. The van der Waals surface area contributed by atoms with Gasteiger partial charge in [-0.05, 0) is 35.0 Å². The van der Waals surface area contributed by atoms with Gasteiger partial charge in [0.25, 0.3) is 0 Å². The topological polar surface area (TPSA) is 61.5 Å². The summed E-state index contributed by atoms with van der Waals surface area (Å²) in [5.74, 6) is 0.0947. The third kappa shape index (κ3) is 2.86. The average molecular weight is 274 g/mol. The van der Waals surface area contributed by atoms with E-state index in [2.05, 4.69) is 20.7 Å². The summed E-state index contributed by atoms with van der Waals surface area (Å²) < 4.78 is 10.6. The Morgan fingerprint density at radius 1 is 1.53 bits per heavy atom. The van der Waals surface area contributed by atoms with Gasteiger partial charge in [0.2, 0.25) is 0 Å². The molecule has 4 nitrogen and oxygen atoms in total. The maximum absolute atomic E-state index is 11.1. The standard InChI is InChI=1S/C10H12BrNO3/c1-6(10(13)14-2)15-8-5-3-4-7(12)9(8)11/h3-6H,12H2,1-2H3. The number of ether oxygens (including phenoxy) is 2. The lowest BCUT2D eigenvalue weighted by atomic mass is 10.3. The van der Waals surface area contributed by atoms with E-state index >= 15 is 0 Å². The maximum Gasteiger partial charge on any atom is 0.346 e. The van der Waals surface area contributed by atoms with Crippen LogP contribution in [0.5, 0.6) is 5.75 Å². The zero-order chi connectivity index (χ0) is 11.4. The molecular formula is C10H12BrNO3. The van der Waals surface area contributed by atoms with E-state index in [1.165, 1.54) is 7.11 Å². The molecule has 0 radical (unpaired) electrons. The summed E-state index contributed by atoms with van der Waals surface area (Å²) in [5.41, 5.74) is 6.22. The lowest BCUT2D eigenvalue weighted by molar-refractivity contribution is -0.147. The van der Waals surface area contributed by atoms with Gasteiger partial charge in [0.15, 0.2) is 6.10 Å². The van der Waals surface area contributed by atoms with Crippen LogP contribution in [0.3, 0.4) is 0 Å². The Labute approximate surface area is 96.5 Å². The van der Waals surface area contributed by atoms with Crippen molar-refractivity contribution in [2.75, 3.05) is 12.8 Å². The van der Waals surface area contributed by atoms with E-state index in [1.807, 2.05) is 0 Å². The second-order valence-corrected chi connectivity index (χ2v) is 3.74. The summed E-state index contributed by atoms with van der Waals surface area (Å²) in [6.45, 7) is 1.61. The van der Waals surface area contributed by atoms with Crippen molar-refractivity contribution in [1.29, 1.82) is 0 Å². The molecular weight excluding hydrogens is 262 g/mol. The third-order valence-corrected chi connectivity index (χ3v) is 2.68. The molecule has 0 heterocycles. The fourth-order valence-corrected chi connectivity index (χ4v) is 1.38. The minimum atomic E-state index is -0.659. The number of carbonyl (C=O) groups is 1. The maximum atomic E-state index is 11.1. The van der Waals surface area contributed by atoms with Gasteiger partial charge in [-0.15, -0.1) is 0 Å². The van der Waals surface area contributed by atoms with Crippen molar-refractivity contribution >= 4 is 27.6 Å². The molecule has 0 spiro atoms. The Bertz CT molecular complexity index is 368. The molecule has 2 N–H and O–H groups in total. The number of benzene rings is 1. The van der Waals surface area contributed by atoms with Crippen LogP contribution in [0.15, 0.2) is 22.7 Å². The Morgan fingerprint density at radius 2 is 2.20 bits per heavy atom. The lowest BCUT2D eigenvalue weighted by Gasteiger charge is -2.14. The van der Waals surface area contributed by atoms with Gasteiger partial charge in [-0.2, -0.15) is 0 Å². The van der Waals surface area contributed by atoms with Gasteiger partial charge < -0.3 is 15.2 Å². The highest BCUT2D eigenvalue weighted by Crippen LogP contribution is 2.30. The van der Waals surface area contributed by atoms with Crippen molar-refractivity contribution in [3.05, 3.63) is 22.7 Å². The highest BCUT2D eigenvalue weighted by Gasteiger charge is 2.16. The number of halogens is 1. The molecule has 82 valence electrons. The SMILES string of the molecule is COC(=O)C(C)Oc1cccc(N)c1Br. The van der Waals surface area contributed by atoms with Crippen molar-refractivity contribution in [2.45, 2.75) is 13.0 Å². The van der Waals surface area contributed by atoms with E-state index in [9.17, 15) is 4.79 Å². The van der Waals surface area contributed by atoms with Crippen molar-refractivity contribution in [2.24, 2.45) is 0 Å². The Balaban J connectivity index is 2.81. The van der Waals surface area contributed by atoms with Crippen LogP contribution >= 0.6 is 15.9 Å². The smallest absolute Gasteiger partial charge is 0.346 e. The first kappa shape index (κ1) is 11.8. The fourth-order valence-electron chi connectivity index (χ4n) is 1.02. The number of carbonyl (C=O) groups excluding carboxylic acids is 1. The van der Waals surface area contributed by atoms with Crippen LogP contribution in [-0.2, 0) is 9.53 Å². The van der Waals surface area contributed by atoms with Crippen LogP contribution in [0.4, 0.5) is 5.69 Å². The van der Waals surface area contributed by atoms with E-state index in [-0.39, 0.29) is 0 Å². The first-order chi connectivity index (χ1) is 7.06. The van der Waals surface area contributed by atoms with E-state index in [1.54, 1.807) is 25.1 Å². The minimum Gasteiger partial charge on any atom is -0.478 e. The monoisotopic (exact) mass is 273 g/mol. The molecule has 0 aliphatic heterocycles. The first-order valence-corrected chi connectivity index (χ1v) is 5.14. The number of methoxy groups -OCH3 is 1. The molecule has 1 atom stereocenters. The van der Waals surface area contributed by atoms with Crippen LogP contribution < -0.4 is 10.5 Å². The number of esters is 1. The second kappa shape index (κ2) is 5.02. The van der Waals surface area contributed by atoms with Gasteiger partial charge in [-0.3, -0.25) is 0 Å². The molecule has 0 saturated heterocycles.